The minimum Gasteiger partial charge on any atom is -0.350 e. The number of nitrogens with zero attached hydrogens (tertiary/aromatic N) is 5. The number of rotatable bonds is 7. The van der Waals surface area contributed by atoms with Crippen LogP contribution in [0.5, 0.6) is 0 Å². The molecule has 31 heavy (non-hydrogen) atoms. The summed E-state index contributed by atoms with van der Waals surface area (Å²) in [6, 6.07) is 8.43. The van der Waals surface area contributed by atoms with Gasteiger partial charge in [0.1, 0.15) is 12.4 Å². The molecule has 1 aromatic heterocycles. The first-order chi connectivity index (χ1) is 15.1. The molecule has 1 aromatic carbocycles. The van der Waals surface area contributed by atoms with Gasteiger partial charge in [0.25, 0.3) is 0 Å². The molecule has 0 aliphatic carbocycles. The van der Waals surface area contributed by atoms with Gasteiger partial charge in [-0.25, -0.2) is 9.48 Å². The number of aromatic nitrogens is 3. The largest absolute Gasteiger partial charge is 0.350 e. The van der Waals surface area contributed by atoms with E-state index >= 15 is 0 Å². The molecular weight excluding hydrogens is 392 g/mol. The Morgan fingerprint density at radius 2 is 1.68 bits per heavy atom. The molecule has 2 aliphatic heterocycles. The van der Waals surface area contributed by atoms with Crippen LogP contribution in [0.2, 0.25) is 0 Å². The molecule has 8 nitrogen and oxygen atoms in total. The fourth-order valence-electron chi connectivity index (χ4n) is 4.41. The third kappa shape index (κ3) is 5.62. The van der Waals surface area contributed by atoms with E-state index in [1.807, 2.05) is 0 Å². The van der Waals surface area contributed by atoms with E-state index in [0.717, 1.165) is 76.3 Å². The number of aryl methyl sites for hydroxylation is 1. The van der Waals surface area contributed by atoms with E-state index in [1.54, 1.807) is 4.57 Å². The van der Waals surface area contributed by atoms with Gasteiger partial charge in [-0.2, -0.15) is 5.10 Å². The van der Waals surface area contributed by atoms with Gasteiger partial charge in [0.05, 0.1) is 0 Å². The standard InChI is InChI=1S/C23H34N6O2/c1-2-26-12-14-27(15-13-26)17-20-9-7-19(8-10-20)16-24-22(30)18-29-23(31)28-11-5-3-4-6-21(28)25-29/h7-10H,2-6,11-18H2,1H3,(H,24,30). The SMILES string of the molecule is CCN1CCN(Cc2ccc(CNC(=O)Cn3nc4n(c3=O)CCCCC4)cc2)CC1. The molecular formula is C23H34N6O2. The van der Waals surface area contributed by atoms with Crippen LogP contribution in [0.15, 0.2) is 29.1 Å². The first-order valence-electron chi connectivity index (χ1n) is 11.6. The maximum atomic E-state index is 12.5. The summed E-state index contributed by atoms with van der Waals surface area (Å²) in [6.07, 6.45) is 3.98. The predicted octanol–water partition coefficient (Wildman–Crippen LogP) is 1.23. The molecule has 4 rings (SSSR count). The van der Waals surface area contributed by atoms with Crippen molar-refractivity contribution in [3.05, 3.63) is 51.7 Å². The summed E-state index contributed by atoms with van der Waals surface area (Å²) in [5.41, 5.74) is 2.18. The Morgan fingerprint density at radius 3 is 2.42 bits per heavy atom. The van der Waals surface area contributed by atoms with E-state index in [4.69, 9.17) is 0 Å². The minimum absolute atomic E-state index is 0.0271. The molecule has 0 spiro atoms. The third-order valence-corrected chi connectivity index (χ3v) is 6.41. The predicted molar refractivity (Wildman–Crippen MR) is 120 cm³/mol. The molecule has 1 saturated heterocycles. The van der Waals surface area contributed by atoms with Crippen LogP contribution in [0.25, 0.3) is 0 Å². The van der Waals surface area contributed by atoms with Crippen molar-refractivity contribution in [3.63, 3.8) is 0 Å². The molecule has 8 heteroatoms. The van der Waals surface area contributed by atoms with Gasteiger partial charge in [0.2, 0.25) is 5.91 Å². The maximum Gasteiger partial charge on any atom is 0.346 e. The number of piperazine rings is 1. The number of likely N-dealkylation sites (N-methyl/N-ethyl adjacent to an activating group) is 1. The normalized spacial score (nSPS) is 17.8. The Balaban J connectivity index is 1.25. The summed E-state index contributed by atoms with van der Waals surface area (Å²) < 4.78 is 3.03. The summed E-state index contributed by atoms with van der Waals surface area (Å²) in [5.74, 6) is 0.621. The molecule has 0 bridgehead atoms. The van der Waals surface area contributed by atoms with Crippen molar-refractivity contribution in [3.8, 4) is 0 Å². The van der Waals surface area contributed by atoms with Gasteiger partial charge >= 0.3 is 5.69 Å². The Labute approximate surface area is 183 Å². The zero-order valence-electron chi connectivity index (χ0n) is 18.6. The molecule has 1 amide bonds. The second-order valence-corrected chi connectivity index (χ2v) is 8.62. The number of hydrogen-bond acceptors (Lipinski definition) is 5. The van der Waals surface area contributed by atoms with Crippen molar-refractivity contribution in [2.75, 3.05) is 32.7 Å². The summed E-state index contributed by atoms with van der Waals surface area (Å²) >= 11 is 0. The van der Waals surface area contributed by atoms with Crippen LogP contribution in [0.4, 0.5) is 0 Å². The summed E-state index contributed by atoms with van der Waals surface area (Å²) in [7, 11) is 0. The van der Waals surface area contributed by atoms with E-state index in [2.05, 4.69) is 51.4 Å². The molecule has 0 saturated carbocycles. The quantitative estimate of drug-likeness (QED) is 0.721. The van der Waals surface area contributed by atoms with Gasteiger partial charge in [-0.05, 0) is 30.5 Å². The number of benzene rings is 1. The van der Waals surface area contributed by atoms with Gasteiger partial charge in [-0.15, -0.1) is 0 Å². The zero-order valence-corrected chi connectivity index (χ0v) is 18.6. The lowest BCUT2D eigenvalue weighted by Gasteiger charge is -2.34. The monoisotopic (exact) mass is 426 g/mol. The fourth-order valence-corrected chi connectivity index (χ4v) is 4.41. The molecule has 2 aliphatic rings. The Bertz CT molecular complexity index is 925. The molecule has 0 unspecified atom stereocenters. The molecule has 1 fully saturated rings. The molecule has 168 valence electrons. The van der Waals surface area contributed by atoms with Crippen molar-refractivity contribution in [2.45, 2.75) is 58.8 Å². The molecule has 1 N–H and O–H groups in total. The fraction of sp³-hybridized carbons (Fsp3) is 0.609. The van der Waals surface area contributed by atoms with Gasteiger partial charge < -0.3 is 10.2 Å². The smallest absolute Gasteiger partial charge is 0.346 e. The number of carbonyl (C=O) groups is 1. The van der Waals surface area contributed by atoms with Crippen molar-refractivity contribution in [1.29, 1.82) is 0 Å². The van der Waals surface area contributed by atoms with E-state index in [9.17, 15) is 9.59 Å². The van der Waals surface area contributed by atoms with Crippen molar-refractivity contribution >= 4 is 5.91 Å². The van der Waals surface area contributed by atoms with Crippen molar-refractivity contribution < 1.29 is 4.79 Å². The average Bonchev–Trinajstić information content (AvgIpc) is 2.94. The van der Waals surface area contributed by atoms with Crippen LogP contribution in [-0.2, 0) is 37.4 Å². The Morgan fingerprint density at radius 1 is 0.968 bits per heavy atom. The van der Waals surface area contributed by atoms with Crippen LogP contribution in [0.1, 0.15) is 43.1 Å². The molecule has 3 heterocycles. The molecule has 2 aromatic rings. The number of nitrogens with one attached hydrogen (secondary N) is 1. The minimum atomic E-state index is -0.187. The molecule has 0 atom stereocenters. The highest BCUT2D eigenvalue weighted by Crippen LogP contribution is 2.11. The molecule has 0 radical (unpaired) electrons. The van der Waals surface area contributed by atoms with Crippen LogP contribution in [0, 0.1) is 0 Å². The number of amides is 1. The number of fused-ring (bicyclic) bond motifs is 1. The lowest BCUT2D eigenvalue weighted by molar-refractivity contribution is -0.122. The Kier molecular flexibility index (Phi) is 7.19. The van der Waals surface area contributed by atoms with Gasteiger partial charge in [-0.3, -0.25) is 14.3 Å². The first kappa shape index (κ1) is 21.8. The van der Waals surface area contributed by atoms with Gasteiger partial charge in [-0.1, -0.05) is 37.6 Å². The second kappa shape index (κ2) is 10.2. The summed E-state index contributed by atoms with van der Waals surface area (Å²) in [4.78, 5) is 29.8. The van der Waals surface area contributed by atoms with Gasteiger partial charge in [0.15, 0.2) is 0 Å². The number of carbonyl (C=O) groups excluding carboxylic acids is 1. The van der Waals surface area contributed by atoms with Crippen LogP contribution in [-0.4, -0.2) is 62.8 Å². The van der Waals surface area contributed by atoms with Crippen molar-refractivity contribution in [1.82, 2.24) is 29.5 Å². The average molecular weight is 427 g/mol. The van der Waals surface area contributed by atoms with Crippen LogP contribution >= 0.6 is 0 Å². The zero-order chi connectivity index (χ0) is 21.6. The lowest BCUT2D eigenvalue weighted by atomic mass is 10.1. The van der Waals surface area contributed by atoms with Crippen molar-refractivity contribution in [2.24, 2.45) is 0 Å². The summed E-state index contributed by atoms with van der Waals surface area (Å²) in [5, 5.41) is 7.30. The topological polar surface area (TPSA) is 75.4 Å². The Hall–Kier alpha value is -2.45. The first-order valence-corrected chi connectivity index (χ1v) is 11.6. The highest BCUT2D eigenvalue weighted by Gasteiger charge is 2.17. The van der Waals surface area contributed by atoms with E-state index in [1.165, 1.54) is 10.2 Å². The van der Waals surface area contributed by atoms with Gasteiger partial charge in [0, 0.05) is 52.2 Å². The van der Waals surface area contributed by atoms with E-state index in [-0.39, 0.29) is 18.1 Å². The highest BCUT2D eigenvalue weighted by atomic mass is 16.2. The highest BCUT2D eigenvalue weighted by molar-refractivity contribution is 5.75. The number of hydrogen-bond donors (Lipinski definition) is 1. The lowest BCUT2D eigenvalue weighted by Crippen LogP contribution is -2.45. The van der Waals surface area contributed by atoms with Crippen LogP contribution in [0.3, 0.4) is 0 Å². The maximum absolute atomic E-state index is 12.5. The second-order valence-electron chi connectivity index (χ2n) is 8.62. The van der Waals surface area contributed by atoms with Crippen LogP contribution < -0.4 is 11.0 Å². The van der Waals surface area contributed by atoms with E-state index in [0.29, 0.717) is 13.1 Å². The third-order valence-electron chi connectivity index (χ3n) is 6.41. The summed E-state index contributed by atoms with van der Waals surface area (Å²) in [6.45, 7) is 9.96. The van der Waals surface area contributed by atoms with E-state index < -0.39 is 0 Å².